The number of ether oxygens (including phenoxy) is 3. The fourth-order valence-corrected chi connectivity index (χ4v) is 4.07. The Morgan fingerprint density at radius 3 is 2.60 bits per heavy atom. The molecule has 0 saturated carbocycles. The van der Waals surface area contributed by atoms with E-state index in [1.54, 1.807) is 31.2 Å². The fourth-order valence-electron chi connectivity index (χ4n) is 3.77. The molecule has 0 aromatic heterocycles. The zero-order chi connectivity index (χ0) is 21.8. The third kappa shape index (κ3) is 4.19. The fraction of sp³-hybridized carbons (Fsp3) is 0.304. The van der Waals surface area contributed by atoms with Crippen molar-refractivity contribution in [2.75, 3.05) is 20.8 Å². The first-order valence-electron chi connectivity index (χ1n) is 9.48. The maximum atomic E-state index is 14.7. The van der Waals surface area contributed by atoms with E-state index < -0.39 is 29.4 Å². The third-order valence-electron chi connectivity index (χ3n) is 5.13. The number of hydrogen-bond donors (Lipinski definition) is 0. The molecule has 0 amide bonds. The minimum Gasteiger partial charge on any atom is -0.497 e. The van der Waals surface area contributed by atoms with Crippen LogP contribution in [0, 0.1) is 11.7 Å². The zero-order valence-electron chi connectivity index (χ0n) is 16.9. The van der Waals surface area contributed by atoms with Crippen LogP contribution in [0.5, 0.6) is 11.5 Å². The van der Waals surface area contributed by atoms with Crippen molar-refractivity contribution in [2.45, 2.75) is 19.3 Å². The smallest absolute Gasteiger partial charge is 0.317 e. The first-order valence-corrected chi connectivity index (χ1v) is 9.86. The molecule has 2 atom stereocenters. The summed E-state index contributed by atoms with van der Waals surface area (Å²) in [5.41, 5.74) is 1.40. The summed E-state index contributed by atoms with van der Waals surface area (Å²) in [6.45, 7) is 1.77. The van der Waals surface area contributed by atoms with Crippen molar-refractivity contribution in [3.05, 3.63) is 64.4 Å². The van der Waals surface area contributed by atoms with Gasteiger partial charge in [0, 0.05) is 28.1 Å². The van der Waals surface area contributed by atoms with E-state index in [2.05, 4.69) is 0 Å². The van der Waals surface area contributed by atoms with Crippen molar-refractivity contribution >= 4 is 28.9 Å². The van der Waals surface area contributed by atoms with E-state index in [1.807, 2.05) is 0 Å². The number of halogens is 2. The largest absolute Gasteiger partial charge is 0.497 e. The molecule has 5 nitrogen and oxygen atoms in total. The quantitative estimate of drug-likeness (QED) is 0.484. The standard InChI is InChI=1S/C23H22ClFO5/c1-4-30-23(27)22-16(21-17(24)6-5-7-18(21)25)10-13(11-19(22)26)15-9-8-14(28-2)12-20(15)29-3/h5-9,11-12,16,22H,4,10H2,1-3H3/t16-,22-/m1/s1. The number of carbonyl (C=O) groups is 2. The number of allylic oxidation sites excluding steroid dienone is 2. The summed E-state index contributed by atoms with van der Waals surface area (Å²) in [5.74, 6) is -2.61. The van der Waals surface area contributed by atoms with Gasteiger partial charge in [0.25, 0.3) is 0 Å². The highest BCUT2D eigenvalue weighted by molar-refractivity contribution is 6.31. The normalized spacial score (nSPS) is 18.6. The summed E-state index contributed by atoms with van der Waals surface area (Å²) in [4.78, 5) is 25.6. The highest BCUT2D eigenvalue weighted by Gasteiger charge is 2.42. The molecule has 1 aliphatic rings. The van der Waals surface area contributed by atoms with Gasteiger partial charge in [-0.1, -0.05) is 17.7 Å². The summed E-state index contributed by atoms with van der Waals surface area (Å²) in [6, 6.07) is 9.49. The lowest BCUT2D eigenvalue weighted by atomic mass is 9.73. The van der Waals surface area contributed by atoms with E-state index in [9.17, 15) is 14.0 Å². The molecular weight excluding hydrogens is 411 g/mol. The SMILES string of the molecule is CCOC(=O)[C@H]1C(=O)C=C(c2ccc(OC)cc2OC)C[C@@H]1c1c(F)cccc1Cl. The van der Waals surface area contributed by atoms with Crippen LogP contribution >= 0.6 is 11.6 Å². The van der Waals surface area contributed by atoms with Gasteiger partial charge in [0.15, 0.2) is 5.78 Å². The van der Waals surface area contributed by atoms with Gasteiger partial charge in [0.1, 0.15) is 23.2 Å². The average Bonchev–Trinajstić information content (AvgIpc) is 2.72. The van der Waals surface area contributed by atoms with E-state index in [0.29, 0.717) is 22.6 Å². The minimum absolute atomic E-state index is 0.114. The van der Waals surface area contributed by atoms with Gasteiger partial charge in [-0.2, -0.15) is 0 Å². The van der Waals surface area contributed by atoms with E-state index in [0.717, 1.165) is 0 Å². The van der Waals surface area contributed by atoms with Gasteiger partial charge in [0.05, 0.1) is 20.8 Å². The van der Waals surface area contributed by atoms with Crippen LogP contribution in [-0.4, -0.2) is 32.6 Å². The second-order valence-corrected chi connectivity index (χ2v) is 7.22. The zero-order valence-corrected chi connectivity index (χ0v) is 17.7. The maximum Gasteiger partial charge on any atom is 0.317 e. The Kier molecular flexibility index (Phi) is 6.77. The first kappa shape index (κ1) is 21.8. The maximum absolute atomic E-state index is 14.7. The highest BCUT2D eigenvalue weighted by atomic mass is 35.5. The Hall–Kier alpha value is -2.86. The molecule has 0 radical (unpaired) electrons. The second-order valence-electron chi connectivity index (χ2n) is 6.81. The van der Waals surface area contributed by atoms with Crippen LogP contribution in [0.4, 0.5) is 4.39 Å². The molecule has 2 aromatic carbocycles. The molecule has 0 fully saturated rings. The summed E-state index contributed by atoms with van der Waals surface area (Å²) < 4.78 is 30.5. The molecule has 0 unspecified atom stereocenters. The molecule has 0 N–H and O–H groups in total. The van der Waals surface area contributed by atoms with Crippen LogP contribution < -0.4 is 9.47 Å². The van der Waals surface area contributed by atoms with Crippen molar-refractivity contribution in [3.63, 3.8) is 0 Å². The highest BCUT2D eigenvalue weighted by Crippen LogP contribution is 2.45. The van der Waals surface area contributed by atoms with Crippen molar-refractivity contribution in [2.24, 2.45) is 5.92 Å². The summed E-state index contributed by atoms with van der Waals surface area (Å²) in [5, 5.41) is 0.157. The number of rotatable bonds is 6. The molecule has 3 rings (SSSR count). The van der Waals surface area contributed by atoms with Gasteiger partial charge in [-0.3, -0.25) is 9.59 Å². The monoisotopic (exact) mass is 432 g/mol. The molecule has 2 aromatic rings. The van der Waals surface area contributed by atoms with E-state index in [1.165, 1.54) is 32.4 Å². The van der Waals surface area contributed by atoms with Gasteiger partial charge >= 0.3 is 5.97 Å². The molecule has 0 spiro atoms. The Balaban J connectivity index is 2.13. The van der Waals surface area contributed by atoms with Crippen molar-refractivity contribution in [3.8, 4) is 11.5 Å². The molecule has 0 saturated heterocycles. The molecule has 158 valence electrons. The van der Waals surface area contributed by atoms with Crippen LogP contribution in [0.15, 0.2) is 42.5 Å². The number of hydrogen-bond acceptors (Lipinski definition) is 5. The van der Waals surface area contributed by atoms with Gasteiger partial charge in [-0.25, -0.2) is 4.39 Å². The summed E-state index contributed by atoms with van der Waals surface area (Å²) in [6.07, 6.45) is 1.61. The molecule has 0 heterocycles. The Morgan fingerprint density at radius 1 is 1.20 bits per heavy atom. The lowest BCUT2D eigenvalue weighted by Gasteiger charge is -2.30. The van der Waals surface area contributed by atoms with Crippen LogP contribution in [0.2, 0.25) is 5.02 Å². The van der Waals surface area contributed by atoms with Gasteiger partial charge in [-0.15, -0.1) is 0 Å². The summed E-state index contributed by atoms with van der Waals surface area (Å²) >= 11 is 6.29. The minimum atomic E-state index is -1.17. The van der Waals surface area contributed by atoms with E-state index in [-0.39, 0.29) is 23.6 Å². The predicted octanol–water partition coefficient (Wildman–Crippen LogP) is 4.82. The number of benzene rings is 2. The van der Waals surface area contributed by atoms with Crippen LogP contribution in [0.3, 0.4) is 0 Å². The number of ketones is 1. The lowest BCUT2D eigenvalue weighted by Crippen LogP contribution is -2.34. The van der Waals surface area contributed by atoms with Gasteiger partial charge in [0.2, 0.25) is 0 Å². The molecule has 0 aliphatic heterocycles. The van der Waals surface area contributed by atoms with Gasteiger partial charge in [-0.05, 0) is 49.3 Å². The van der Waals surface area contributed by atoms with Crippen LogP contribution in [0.1, 0.15) is 30.4 Å². The lowest BCUT2D eigenvalue weighted by molar-refractivity contribution is -0.151. The predicted molar refractivity (Wildman–Crippen MR) is 111 cm³/mol. The van der Waals surface area contributed by atoms with Crippen molar-refractivity contribution in [1.82, 2.24) is 0 Å². The van der Waals surface area contributed by atoms with Crippen molar-refractivity contribution < 1.29 is 28.2 Å². The molecular formula is C23H22ClFO5. The molecule has 7 heteroatoms. The Morgan fingerprint density at radius 2 is 1.97 bits per heavy atom. The van der Waals surface area contributed by atoms with Gasteiger partial charge < -0.3 is 14.2 Å². The first-order chi connectivity index (χ1) is 14.4. The van der Waals surface area contributed by atoms with E-state index >= 15 is 0 Å². The molecule has 30 heavy (non-hydrogen) atoms. The Bertz CT molecular complexity index is 981. The summed E-state index contributed by atoms with van der Waals surface area (Å²) in [7, 11) is 3.05. The van der Waals surface area contributed by atoms with Crippen molar-refractivity contribution in [1.29, 1.82) is 0 Å². The third-order valence-corrected chi connectivity index (χ3v) is 5.46. The van der Waals surface area contributed by atoms with Crippen LogP contribution in [0.25, 0.3) is 5.57 Å². The molecule has 1 aliphatic carbocycles. The topological polar surface area (TPSA) is 61.8 Å². The Labute approximate surface area is 179 Å². The molecule has 0 bridgehead atoms. The van der Waals surface area contributed by atoms with E-state index in [4.69, 9.17) is 25.8 Å². The van der Waals surface area contributed by atoms with Crippen LogP contribution in [-0.2, 0) is 14.3 Å². The number of methoxy groups -OCH3 is 2. The number of carbonyl (C=O) groups excluding carboxylic acids is 2. The number of esters is 1. The second kappa shape index (κ2) is 9.30. The average molecular weight is 433 g/mol.